The molecule has 2 fully saturated rings. The summed E-state index contributed by atoms with van der Waals surface area (Å²) in [6.45, 7) is 2.39. The van der Waals surface area contributed by atoms with Crippen molar-refractivity contribution in [2.24, 2.45) is 0 Å². The van der Waals surface area contributed by atoms with Crippen LogP contribution in [0.25, 0.3) is 0 Å². The lowest BCUT2D eigenvalue weighted by atomic mass is 10.1. The van der Waals surface area contributed by atoms with Crippen LogP contribution in [0.3, 0.4) is 0 Å². The van der Waals surface area contributed by atoms with Crippen LogP contribution in [0.4, 0.5) is 0 Å². The summed E-state index contributed by atoms with van der Waals surface area (Å²) in [5.41, 5.74) is 1.49. The molecule has 7 heteroatoms. The third-order valence-electron chi connectivity index (χ3n) is 5.59. The number of rotatable bonds is 6. The first-order valence-electron chi connectivity index (χ1n) is 10.3. The van der Waals surface area contributed by atoms with Crippen LogP contribution < -0.4 is 4.74 Å². The Morgan fingerprint density at radius 1 is 1.10 bits per heavy atom. The van der Waals surface area contributed by atoms with E-state index in [-0.39, 0.29) is 11.8 Å². The number of hydrogen-bond acceptors (Lipinski definition) is 5. The van der Waals surface area contributed by atoms with Crippen molar-refractivity contribution < 1.29 is 18.7 Å². The number of hydrogen-bond donors (Lipinski definition) is 0. The van der Waals surface area contributed by atoms with Gasteiger partial charge in [0.05, 0.1) is 7.11 Å². The molecule has 0 bridgehead atoms. The number of methoxy groups -OCH3 is 1. The average molecular weight is 397 g/mol. The summed E-state index contributed by atoms with van der Waals surface area (Å²) in [6.07, 6.45) is 5.59. The molecule has 1 saturated carbocycles. The van der Waals surface area contributed by atoms with Gasteiger partial charge in [-0.25, -0.2) is 4.98 Å². The molecule has 1 aromatic carbocycles. The zero-order valence-corrected chi connectivity index (χ0v) is 16.8. The van der Waals surface area contributed by atoms with Gasteiger partial charge in [0, 0.05) is 38.5 Å². The molecule has 2 heterocycles. The van der Waals surface area contributed by atoms with Crippen LogP contribution >= 0.6 is 0 Å². The topological polar surface area (TPSA) is 75.9 Å². The fourth-order valence-corrected chi connectivity index (χ4v) is 3.64. The number of aromatic nitrogens is 1. The normalized spacial score (nSPS) is 17.1. The molecule has 2 amide bonds. The summed E-state index contributed by atoms with van der Waals surface area (Å²) in [5.74, 6) is 1.91. The zero-order chi connectivity index (χ0) is 20.2. The van der Waals surface area contributed by atoms with Gasteiger partial charge in [0.25, 0.3) is 5.91 Å². The van der Waals surface area contributed by atoms with Crippen molar-refractivity contribution >= 4 is 11.8 Å². The highest BCUT2D eigenvalue weighted by molar-refractivity contribution is 5.92. The largest absolute Gasteiger partial charge is 0.497 e. The van der Waals surface area contributed by atoms with Gasteiger partial charge in [-0.2, -0.15) is 0 Å². The highest BCUT2D eigenvalue weighted by atomic mass is 16.5. The Labute approximate surface area is 170 Å². The fraction of sp³-hybridized carbons (Fsp3) is 0.500. The van der Waals surface area contributed by atoms with Crippen LogP contribution in [0.1, 0.15) is 53.5 Å². The minimum atomic E-state index is -0.104. The highest BCUT2D eigenvalue weighted by Crippen LogP contribution is 2.39. The average Bonchev–Trinajstić information content (AvgIpc) is 3.53. The second-order valence-corrected chi connectivity index (χ2v) is 7.72. The molecule has 1 saturated heterocycles. The van der Waals surface area contributed by atoms with E-state index in [0.717, 1.165) is 30.6 Å². The summed E-state index contributed by atoms with van der Waals surface area (Å²) in [4.78, 5) is 33.4. The molecule has 1 aliphatic heterocycles. The molecule has 154 valence electrons. The lowest BCUT2D eigenvalue weighted by molar-refractivity contribution is -0.131. The Morgan fingerprint density at radius 3 is 2.55 bits per heavy atom. The van der Waals surface area contributed by atoms with Gasteiger partial charge in [0.2, 0.25) is 5.91 Å². The first kappa shape index (κ1) is 19.5. The number of carbonyl (C=O) groups is 2. The molecule has 2 aromatic rings. The number of ether oxygens (including phenoxy) is 1. The summed E-state index contributed by atoms with van der Waals surface area (Å²) in [5, 5.41) is 0. The van der Waals surface area contributed by atoms with E-state index in [1.165, 1.54) is 6.26 Å². The van der Waals surface area contributed by atoms with Crippen molar-refractivity contribution in [3.8, 4) is 5.75 Å². The van der Waals surface area contributed by atoms with Crippen LogP contribution in [0.5, 0.6) is 5.75 Å². The summed E-state index contributed by atoms with van der Waals surface area (Å²) < 4.78 is 10.6. The summed E-state index contributed by atoms with van der Waals surface area (Å²) in [7, 11) is 1.64. The van der Waals surface area contributed by atoms with E-state index < -0.39 is 0 Å². The Morgan fingerprint density at radius 2 is 1.83 bits per heavy atom. The molecule has 0 spiro atoms. The Balaban J connectivity index is 1.28. The highest BCUT2D eigenvalue weighted by Gasteiger charge is 2.31. The Kier molecular flexibility index (Phi) is 5.83. The van der Waals surface area contributed by atoms with Crippen LogP contribution in [0.2, 0.25) is 0 Å². The van der Waals surface area contributed by atoms with Crippen molar-refractivity contribution in [3.63, 3.8) is 0 Å². The van der Waals surface area contributed by atoms with Crippen molar-refractivity contribution in [2.75, 3.05) is 33.3 Å². The molecule has 4 rings (SSSR count). The molecular weight excluding hydrogens is 370 g/mol. The van der Waals surface area contributed by atoms with E-state index in [0.29, 0.717) is 56.5 Å². The van der Waals surface area contributed by atoms with E-state index in [1.807, 2.05) is 29.2 Å². The number of aryl methyl sites for hydroxylation is 1. The van der Waals surface area contributed by atoms with E-state index in [2.05, 4.69) is 4.98 Å². The number of benzene rings is 1. The number of carbonyl (C=O) groups excluding carboxylic acids is 2. The maximum absolute atomic E-state index is 12.7. The number of nitrogens with zero attached hydrogens (tertiary/aromatic N) is 3. The first-order valence-corrected chi connectivity index (χ1v) is 10.3. The molecule has 0 unspecified atom stereocenters. The predicted molar refractivity (Wildman–Crippen MR) is 107 cm³/mol. The van der Waals surface area contributed by atoms with Gasteiger partial charge in [-0.1, -0.05) is 12.1 Å². The predicted octanol–water partition coefficient (Wildman–Crippen LogP) is 2.87. The van der Waals surface area contributed by atoms with Gasteiger partial charge >= 0.3 is 0 Å². The van der Waals surface area contributed by atoms with Crippen LogP contribution in [-0.4, -0.2) is 59.9 Å². The van der Waals surface area contributed by atoms with E-state index in [9.17, 15) is 9.59 Å². The third kappa shape index (κ3) is 4.78. The maximum Gasteiger partial charge on any atom is 0.275 e. The molecule has 0 atom stereocenters. The smallest absolute Gasteiger partial charge is 0.275 e. The lowest BCUT2D eigenvalue weighted by Gasteiger charge is -2.21. The second kappa shape index (κ2) is 8.68. The summed E-state index contributed by atoms with van der Waals surface area (Å²) in [6, 6.07) is 7.80. The fourth-order valence-electron chi connectivity index (χ4n) is 3.64. The van der Waals surface area contributed by atoms with Crippen molar-refractivity contribution in [1.29, 1.82) is 0 Å². The maximum atomic E-state index is 12.7. The van der Waals surface area contributed by atoms with Gasteiger partial charge in [-0.05, 0) is 43.4 Å². The van der Waals surface area contributed by atoms with Gasteiger partial charge < -0.3 is 19.0 Å². The van der Waals surface area contributed by atoms with Crippen molar-refractivity contribution in [2.45, 2.75) is 38.0 Å². The summed E-state index contributed by atoms with van der Waals surface area (Å²) >= 11 is 0. The second-order valence-electron chi connectivity index (χ2n) is 7.72. The van der Waals surface area contributed by atoms with E-state index >= 15 is 0 Å². The minimum absolute atomic E-state index is 0.104. The molecular formula is C22H27N3O4. The quantitative estimate of drug-likeness (QED) is 0.749. The van der Waals surface area contributed by atoms with Gasteiger partial charge in [0.15, 0.2) is 11.6 Å². The molecule has 0 radical (unpaired) electrons. The standard InChI is InChI=1S/C22H27N3O4/c1-28-18-8-3-16(4-9-18)5-10-20(26)24-11-2-12-25(14-13-24)22(27)19-15-29-21(23-19)17-6-7-17/h3-4,8-9,15,17H,2,5-7,10-14H2,1H3. The zero-order valence-electron chi connectivity index (χ0n) is 16.8. The Bertz CT molecular complexity index is 857. The van der Waals surface area contributed by atoms with E-state index in [1.54, 1.807) is 12.0 Å². The number of oxazole rings is 1. The molecule has 7 nitrogen and oxygen atoms in total. The minimum Gasteiger partial charge on any atom is -0.497 e. The van der Waals surface area contributed by atoms with Crippen molar-refractivity contribution in [3.05, 3.63) is 47.7 Å². The lowest BCUT2D eigenvalue weighted by Crippen LogP contribution is -2.37. The van der Waals surface area contributed by atoms with Crippen LogP contribution in [0.15, 0.2) is 34.9 Å². The van der Waals surface area contributed by atoms with Gasteiger partial charge in [0.1, 0.15) is 12.0 Å². The van der Waals surface area contributed by atoms with Crippen molar-refractivity contribution in [1.82, 2.24) is 14.8 Å². The van der Waals surface area contributed by atoms with E-state index in [4.69, 9.17) is 9.15 Å². The molecule has 29 heavy (non-hydrogen) atoms. The molecule has 1 aromatic heterocycles. The molecule has 2 aliphatic rings. The van der Waals surface area contributed by atoms with Crippen LogP contribution in [-0.2, 0) is 11.2 Å². The number of amides is 2. The van der Waals surface area contributed by atoms with Gasteiger partial charge in [-0.3, -0.25) is 9.59 Å². The molecule has 0 N–H and O–H groups in total. The van der Waals surface area contributed by atoms with Crippen LogP contribution in [0, 0.1) is 0 Å². The SMILES string of the molecule is COc1ccc(CCC(=O)N2CCCN(C(=O)c3coc(C4CC4)n3)CC2)cc1. The Hall–Kier alpha value is -2.83. The third-order valence-corrected chi connectivity index (χ3v) is 5.59. The molecule has 1 aliphatic carbocycles. The van der Waals surface area contributed by atoms with Gasteiger partial charge in [-0.15, -0.1) is 0 Å². The monoisotopic (exact) mass is 397 g/mol. The first-order chi connectivity index (χ1) is 14.1.